The molecule has 0 radical (unpaired) electrons. The van der Waals surface area contributed by atoms with Crippen LogP contribution in [0.5, 0.6) is 0 Å². The Morgan fingerprint density at radius 2 is 1.90 bits per heavy atom. The highest BCUT2D eigenvalue weighted by molar-refractivity contribution is 9.10. The van der Waals surface area contributed by atoms with E-state index in [2.05, 4.69) is 15.9 Å². The molecule has 1 amide bonds. The molecule has 112 valence electrons. The van der Waals surface area contributed by atoms with Gasteiger partial charge in [0.15, 0.2) is 0 Å². The van der Waals surface area contributed by atoms with E-state index in [1.807, 2.05) is 18.2 Å². The van der Waals surface area contributed by atoms with E-state index in [9.17, 15) is 9.59 Å². The molecule has 0 bridgehead atoms. The standard InChI is InChI=1S/C16H18BrNO3/c17-13-7-3-2-6-12(13)14(19)18-10-11-21-15(20)16(18)8-4-1-5-9-16/h2-3,6-7H,1,4-5,8-11H2. The maximum Gasteiger partial charge on any atom is 0.332 e. The largest absolute Gasteiger partial charge is 0.462 e. The number of cyclic esters (lactones) is 1. The van der Waals surface area contributed by atoms with Crippen LogP contribution in [0.3, 0.4) is 0 Å². The van der Waals surface area contributed by atoms with Crippen LogP contribution in [0.25, 0.3) is 0 Å². The SMILES string of the molecule is O=C(c1ccccc1Br)N1CCOC(=O)C12CCCCC2. The van der Waals surface area contributed by atoms with Gasteiger partial charge < -0.3 is 9.64 Å². The van der Waals surface area contributed by atoms with E-state index in [1.54, 1.807) is 11.0 Å². The minimum absolute atomic E-state index is 0.0824. The summed E-state index contributed by atoms with van der Waals surface area (Å²) in [7, 11) is 0. The van der Waals surface area contributed by atoms with Gasteiger partial charge in [-0.15, -0.1) is 0 Å². The molecule has 4 nitrogen and oxygen atoms in total. The predicted octanol–water partition coefficient (Wildman–Crippen LogP) is 3.15. The first-order chi connectivity index (χ1) is 10.1. The Hall–Kier alpha value is -1.36. The molecule has 0 atom stereocenters. The Balaban J connectivity index is 1.96. The summed E-state index contributed by atoms with van der Waals surface area (Å²) >= 11 is 3.43. The molecule has 2 fully saturated rings. The smallest absolute Gasteiger partial charge is 0.332 e. The van der Waals surface area contributed by atoms with Gasteiger partial charge in [0, 0.05) is 4.47 Å². The summed E-state index contributed by atoms with van der Waals surface area (Å²) in [5.74, 6) is -0.310. The van der Waals surface area contributed by atoms with E-state index >= 15 is 0 Å². The Morgan fingerprint density at radius 1 is 1.19 bits per heavy atom. The molecule has 1 aromatic rings. The molecule has 1 aliphatic heterocycles. The van der Waals surface area contributed by atoms with Crippen LogP contribution >= 0.6 is 15.9 Å². The summed E-state index contributed by atoms with van der Waals surface area (Å²) in [5.41, 5.74) is -0.139. The number of morpholine rings is 1. The second kappa shape index (κ2) is 5.79. The minimum atomic E-state index is -0.747. The summed E-state index contributed by atoms with van der Waals surface area (Å²) in [6, 6.07) is 7.36. The number of halogens is 1. The molecule has 21 heavy (non-hydrogen) atoms. The van der Waals surface area contributed by atoms with E-state index < -0.39 is 5.54 Å². The van der Waals surface area contributed by atoms with Crippen molar-refractivity contribution in [2.45, 2.75) is 37.6 Å². The summed E-state index contributed by atoms with van der Waals surface area (Å²) in [5, 5.41) is 0. The Labute approximate surface area is 132 Å². The second-order valence-electron chi connectivity index (χ2n) is 5.66. The number of esters is 1. The molecule has 1 aliphatic carbocycles. The van der Waals surface area contributed by atoms with E-state index in [0.717, 1.165) is 23.7 Å². The Bertz CT molecular complexity index is 566. The van der Waals surface area contributed by atoms with Crippen molar-refractivity contribution >= 4 is 27.8 Å². The minimum Gasteiger partial charge on any atom is -0.462 e. The average molecular weight is 352 g/mol. The molecule has 1 spiro atoms. The highest BCUT2D eigenvalue weighted by Crippen LogP contribution is 2.38. The van der Waals surface area contributed by atoms with Gasteiger partial charge in [-0.3, -0.25) is 4.79 Å². The third-order valence-corrected chi connectivity index (χ3v) is 5.17. The first kappa shape index (κ1) is 14.6. The van der Waals surface area contributed by atoms with Crippen LogP contribution in [0.1, 0.15) is 42.5 Å². The molecule has 3 rings (SSSR count). The molecule has 0 unspecified atom stereocenters. The second-order valence-corrected chi connectivity index (χ2v) is 6.52. The highest BCUT2D eigenvalue weighted by atomic mass is 79.9. The first-order valence-corrected chi connectivity index (χ1v) is 8.18. The predicted molar refractivity (Wildman–Crippen MR) is 82.0 cm³/mol. The van der Waals surface area contributed by atoms with Crippen molar-refractivity contribution in [1.29, 1.82) is 0 Å². The van der Waals surface area contributed by atoms with Gasteiger partial charge in [-0.1, -0.05) is 31.4 Å². The maximum absolute atomic E-state index is 12.9. The van der Waals surface area contributed by atoms with Crippen LogP contribution in [-0.4, -0.2) is 35.5 Å². The average Bonchev–Trinajstić information content (AvgIpc) is 2.51. The summed E-state index contributed by atoms with van der Waals surface area (Å²) in [4.78, 5) is 27.1. The van der Waals surface area contributed by atoms with Gasteiger partial charge >= 0.3 is 5.97 Å². The molecular formula is C16H18BrNO3. The van der Waals surface area contributed by atoms with Gasteiger partial charge in [0.2, 0.25) is 0 Å². The Morgan fingerprint density at radius 3 is 2.62 bits per heavy atom. The van der Waals surface area contributed by atoms with Gasteiger partial charge in [0.05, 0.1) is 12.1 Å². The van der Waals surface area contributed by atoms with Crippen molar-refractivity contribution in [3.8, 4) is 0 Å². The van der Waals surface area contributed by atoms with Gasteiger partial charge in [-0.05, 0) is 40.9 Å². The Kier molecular flexibility index (Phi) is 4.02. The van der Waals surface area contributed by atoms with Crippen molar-refractivity contribution in [1.82, 2.24) is 4.90 Å². The van der Waals surface area contributed by atoms with Crippen molar-refractivity contribution in [3.63, 3.8) is 0 Å². The molecule has 2 aliphatic rings. The maximum atomic E-state index is 12.9. The number of ether oxygens (including phenoxy) is 1. The lowest BCUT2D eigenvalue weighted by Gasteiger charge is -2.47. The number of carbonyl (C=O) groups is 2. The molecule has 1 aromatic carbocycles. The quantitative estimate of drug-likeness (QED) is 0.730. The first-order valence-electron chi connectivity index (χ1n) is 7.39. The number of benzene rings is 1. The lowest BCUT2D eigenvalue weighted by atomic mass is 9.79. The van der Waals surface area contributed by atoms with Crippen LogP contribution in [0.4, 0.5) is 0 Å². The number of amides is 1. The van der Waals surface area contributed by atoms with Crippen molar-refractivity contribution in [2.24, 2.45) is 0 Å². The fourth-order valence-electron chi connectivity index (χ4n) is 3.37. The molecule has 1 saturated heterocycles. The molecule has 0 N–H and O–H groups in total. The van der Waals surface area contributed by atoms with E-state index in [1.165, 1.54) is 0 Å². The normalized spacial score (nSPS) is 21.2. The number of carbonyl (C=O) groups excluding carboxylic acids is 2. The lowest BCUT2D eigenvalue weighted by Crippen LogP contribution is -2.62. The number of hydrogen-bond acceptors (Lipinski definition) is 3. The highest BCUT2D eigenvalue weighted by Gasteiger charge is 2.50. The zero-order chi connectivity index (χ0) is 14.9. The fourth-order valence-corrected chi connectivity index (χ4v) is 3.83. The van der Waals surface area contributed by atoms with Crippen LogP contribution in [0.15, 0.2) is 28.7 Å². The monoisotopic (exact) mass is 351 g/mol. The summed E-state index contributed by atoms with van der Waals surface area (Å²) < 4.78 is 6.04. The van der Waals surface area contributed by atoms with Crippen LogP contribution < -0.4 is 0 Å². The molecule has 0 aromatic heterocycles. The lowest BCUT2D eigenvalue weighted by molar-refractivity contribution is -0.168. The molecular weight excluding hydrogens is 334 g/mol. The van der Waals surface area contributed by atoms with Crippen molar-refractivity contribution in [2.75, 3.05) is 13.2 Å². The fraction of sp³-hybridized carbons (Fsp3) is 0.500. The van der Waals surface area contributed by atoms with Gasteiger partial charge in [-0.2, -0.15) is 0 Å². The summed E-state index contributed by atoms with van der Waals surface area (Å²) in [6.07, 6.45) is 4.47. The molecule has 1 saturated carbocycles. The van der Waals surface area contributed by atoms with E-state index in [4.69, 9.17) is 4.74 Å². The number of rotatable bonds is 1. The van der Waals surface area contributed by atoms with Gasteiger partial charge in [0.25, 0.3) is 5.91 Å². The van der Waals surface area contributed by atoms with Crippen molar-refractivity contribution in [3.05, 3.63) is 34.3 Å². The molecule has 1 heterocycles. The zero-order valence-electron chi connectivity index (χ0n) is 11.8. The van der Waals surface area contributed by atoms with Crippen LogP contribution in [-0.2, 0) is 9.53 Å². The third kappa shape index (κ3) is 2.48. The van der Waals surface area contributed by atoms with Crippen LogP contribution in [0.2, 0.25) is 0 Å². The number of nitrogens with zero attached hydrogens (tertiary/aromatic N) is 1. The van der Waals surface area contributed by atoms with Crippen LogP contribution in [0, 0.1) is 0 Å². The van der Waals surface area contributed by atoms with Crippen molar-refractivity contribution < 1.29 is 14.3 Å². The van der Waals surface area contributed by atoms with E-state index in [-0.39, 0.29) is 18.5 Å². The third-order valence-electron chi connectivity index (χ3n) is 4.47. The van der Waals surface area contributed by atoms with E-state index in [0.29, 0.717) is 24.9 Å². The van der Waals surface area contributed by atoms with Gasteiger partial charge in [-0.25, -0.2) is 4.79 Å². The van der Waals surface area contributed by atoms with Gasteiger partial charge in [0.1, 0.15) is 12.1 Å². The topological polar surface area (TPSA) is 46.6 Å². The summed E-state index contributed by atoms with van der Waals surface area (Å²) in [6.45, 7) is 0.767. The zero-order valence-corrected chi connectivity index (χ0v) is 13.4. The molecule has 5 heteroatoms. The number of hydrogen-bond donors (Lipinski definition) is 0.